The van der Waals surface area contributed by atoms with Gasteiger partial charge >= 0.3 is 0 Å². The van der Waals surface area contributed by atoms with Crippen LogP contribution in [0.5, 0.6) is 0 Å². The lowest BCUT2D eigenvalue weighted by Crippen LogP contribution is -2.51. The Kier molecular flexibility index (Phi) is 2.26. The van der Waals surface area contributed by atoms with Crippen LogP contribution in [-0.2, 0) is 10.3 Å². The summed E-state index contributed by atoms with van der Waals surface area (Å²) in [6.45, 7) is 5.70. The average molecular weight is 219 g/mol. The van der Waals surface area contributed by atoms with Gasteiger partial charge in [0.25, 0.3) is 5.56 Å². The van der Waals surface area contributed by atoms with E-state index in [-0.39, 0.29) is 28.8 Å². The fourth-order valence-electron chi connectivity index (χ4n) is 1.54. The maximum atomic E-state index is 12.1. The van der Waals surface area contributed by atoms with Crippen molar-refractivity contribution in [3.05, 3.63) is 27.4 Å². The van der Waals surface area contributed by atoms with Gasteiger partial charge in [0.05, 0.1) is 11.7 Å². The van der Waals surface area contributed by atoms with Gasteiger partial charge in [-0.25, -0.2) is 9.98 Å². The third kappa shape index (κ3) is 1.68. The zero-order valence-electron chi connectivity index (χ0n) is 9.52. The molecule has 1 aliphatic heterocycles. The van der Waals surface area contributed by atoms with E-state index in [1.54, 1.807) is 6.08 Å². The number of hydrogen-bond acceptors (Lipinski definition) is 3. The maximum Gasteiger partial charge on any atom is 0.280 e. The predicted molar refractivity (Wildman–Crippen MR) is 58.4 cm³/mol. The standard InChI is InChI=1S/C11H13N3O2/c1-11(2,3)14-6-12-7-4-5-8(15)13-9(7)10(14)16/h4,6H,5H2,1-3H3. The summed E-state index contributed by atoms with van der Waals surface area (Å²) in [6.07, 6.45) is 3.36. The first-order valence-corrected chi connectivity index (χ1v) is 5.09. The highest BCUT2D eigenvalue weighted by molar-refractivity contribution is 5.82. The summed E-state index contributed by atoms with van der Waals surface area (Å²) in [5.41, 5.74) is -0.628. The van der Waals surface area contributed by atoms with Crippen molar-refractivity contribution in [2.75, 3.05) is 0 Å². The molecule has 0 unspecified atom stereocenters. The fourth-order valence-corrected chi connectivity index (χ4v) is 1.54. The van der Waals surface area contributed by atoms with Gasteiger partial charge in [-0.15, -0.1) is 0 Å². The minimum Gasteiger partial charge on any atom is -0.292 e. The largest absolute Gasteiger partial charge is 0.292 e. The molecule has 0 N–H and O–H groups in total. The second kappa shape index (κ2) is 3.37. The van der Waals surface area contributed by atoms with Gasteiger partial charge in [-0.3, -0.25) is 14.2 Å². The molecule has 0 atom stereocenters. The molecule has 0 radical (unpaired) electrons. The van der Waals surface area contributed by atoms with Crippen molar-refractivity contribution in [3.8, 4) is 0 Å². The summed E-state index contributed by atoms with van der Waals surface area (Å²) >= 11 is 0. The van der Waals surface area contributed by atoms with Gasteiger partial charge in [-0.1, -0.05) is 0 Å². The van der Waals surface area contributed by atoms with Crippen LogP contribution in [0.4, 0.5) is 0 Å². The van der Waals surface area contributed by atoms with Gasteiger partial charge in [-0.05, 0) is 26.8 Å². The third-order valence-corrected chi connectivity index (χ3v) is 2.41. The number of aromatic nitrogens is 2. The molecule has 0 saturated heterocycles. The highest BCUT2D eigenvalue weighted by Crippen LogP contribution is 2.07. The average Bonchev–Trinajstić information content (AvgIpc) is 2.17. The molecule has 1 aromatic heterocycles. The second-order valence-electron chi connectivity index (χ2n) is 4.74. The first-order chi connectivity index (χ1) is 7.39. The van der Waals surface area contributed by atoms with Gasteiger partial charge < -0.3 is 0 Å². The molecular formula is C11H13N3O2. The van der Waals surface area contributed by atoms with E-state index in [4.69, 9.17) is 0 Å². The monoisotopic (exact) mass is 219 g/mol. The molecule has 0 fully saturated rings. The maximum absolute atomic E-state index is 12.1. The minimum atomic E-state index is -0.366. The van der Waals surface area contributed by atoms with Crippen LogP contribution in [0.3, 0.4) is 0 Å². The van der Waals surface area contributed by atoms with E-state index in [0.717, 1.165) is 0 Å². The minimum absolute atomic E-state index is 0.161. The van der Waals surface area contributed by atoms with Crippen LogP contribution in [0, 0.1) is 0 Å². The molecule has 5 heteroatoms. The van der Waals surface area contributed by atoms with Gasteiger partial charge in [0.1, 0.15) is 0 Å². The number of fused-ring (bicyclic) bond motifs is 1. The van der Waals surface area contributed by atoms with Crippen molar-refractivity contribution >= 4 is 12.0 Å². The summed E-state index contributed by atoms with van der Waals surface area (Å²) in [4.78, 5) is 31.1. The molecule has 0 spiro atoms. The van der Waals surface area contributed by atoms with Crippen LogP contribution < -0.4 is 16.3 Å². The molecule has 5 nitrogen and oxygen atoms in total. The van der Waals surface area contributed by atoms with Crippen molar-refractivity contribution in [2.24, 2.45) is 4.99 Å². The highest BCUT2D eigenvalue weighted by Gasteiger charge is 2.17. The van der Waals surface area contributed by atoms with E-state index in [2.05, 4.69) is 9.98 Å². The van der Waals surface area contributed by atoms with Gasteiger partial charge in [-0.2, -0.15) is 0 Å². The molecule has 16 heavy (non-hydrogen) atoms. The van der Waals surface area contributed by atoms with E-state index in [9.17, 15) is 9.59 Å². The van der Waals surface area contributed by atoms with E-state index in [1.807, 2.05) is 20.8 Å². The molecule has 0 aliphatic carbocycles. The van der Waals surface area contributed by atoms with Gasteiger partial charge in [0, 0.05) is 12.0 Å². The smallest absolute Gasteiger partial charge is 0.280 e. The van der Waals surface area contributed by atoms with E-state index in [0.29, 0.717) is 5.35 Å². The van der Waals surface area contributed by atoms with Crippen LogP contribution in [-0.4, -0.2) is 15.5 Å². The van der Waals surface area contributed by atoms with Crippen LogP contribution >= 0.6 is 0 Å². The van der Waals surface area contributed by atoms with Crippen LogP contribution in [0.2, 0.25) is 0 Å². The first-order valence-electron chi connectivity index (χ1n) is 5.09. The Labute approximate surface area is 92.2 Å². The molecule has 1 amide bonds. The highest BCUT2D eigenvalue weighted by atomic mass is 16.2. The molecular weight excluding hydrogens is 206 g/mol. The quantitative estimate of drug-likeness (QED) is 0.581. The Morgan fingerprint density at radius 1 is 1.31 bits per heavy atom. The summed E-state index contributed by atoms with van der Waals surface area (Å²) < 4.78 is 1.49. The number of rotatable bonds is 0. The van der Waals surface area contributed by atoms with E-state index < -0.39 is 0 Å². The Hall–Kier alpha value is -1.78. The Morgan fingerprint density at radius 3 is 2.62 bits per heavy atom. The number of amides is 1. The molecule has 0 aromatic carbocycles. The molecule has 84 valence electrons. The van der Waals surface area contributed by atoms with Crippen molar-refractivity contribution in [1.82, 2.24) is 9.55 Å². The van der Waals surface area contributed by atoms with Crippen LogP contribution in [0.25, 0.3) is 6.08 Å². The third-order valence-electron chi connectivity index (χ3n) is 2.41. The zero-order valence-corrected chi connectivity index (χ0v) is 9.52. The molecule has 1 aromatic rings. The van der Waals surface area contributed by atoms with Gasteiger partial charge in [0.15, 0.2) is 5.36 Å². The number of carbonyl (C=O) groups is 1. The Balaban J connectivity index is 2.85. The fraction of sp³-hybridized carbons (Fsp3) is 0.455. The number of carbonyl (C=O) groups excluding carboxylic acids is 1. The molecule has 0 saturated carbocycles. The molecule has 2 heterocycles. The lowest BCUT2D eigenvalue weighted by atomic mass is 10.1. The molecule has 2 rings (SSSR count). The number of nitrogens with zero attached hydrogens (tertiary/aromatic N) is 3. The van der Waals surface area contributed by atoms with Crippen LogP contribution in [0.15, 0.2) is 16.1 Å². The van der Waals surface area contributed by atoms with Crippen molar-refractivity contribution in [1.29, 1.82) is 0 Å². The molecule has 0 bridgehead atoms. The normalized spacial score (nSPS) is 15.1. The van der Waals surface area contributed by atoms with Gasteiger partial charge in [0.2, 0.25) is 5.91 Å². The SMILES string of the molecule is CC(C)(C)n1cnc2c(c1=O)=NC(=O)CC=2. The number of hydrogen-bond donors (Lipinski definition) is 0. The second-order valence-corrected chi connectivity index (χ2v) is 4.74. The van der Waals surface area contributed by atoms with Crippen LogP contribution in [0.1, 0.15) is 27.2 Å². The summed E-state index contributed by atoms with van der Waals surface area (Å²) in [6, 6.07) is 0. The molecule has 1 aliphatic rings. The Bertz CT molecular complexity index is 620. The predicted octanol–water partition coefficient (Wildman–Crippen LogP) is -0.671. The lowest BCUT2D eigenvalue weighted by Gasteiger charge is -2.21. The zero-order chi connectivity index (χ0) is 11.9. The summed E-state index contributed by atoms with van der Waals surface area (Å²) in [7, 11) is 0. The first kappa shape index (κ1) is 10.7. The van der Waals surface area contributed by atoms with E-state index >= 15 is 0 Å². The lowest BCUT2D eigenvalue weighted by molar-refractivity contribution is -0.117. The summed E-state index contributed by atoms with van der Waals surface area (Å²) in [5, 5.41) is 0.666. The summed E-state index contributed by atoms with van der Waals surface area (Å²) in [5.74, 6) is -0.293. The topological polar surface area (TPSA) is 64.3 Å². The van der Waals surface area contributed by atoms with Crippen molar-refractivity contribution in [3.63, 3.8) is 0 Å². The van der Waals surface area contributed by atoms with Crippen molar-refractivity contribution in [2.45, 2.75) is 32.7 Å². The van der Waals surface area contributed by atoms with Crippen molar-refractivity contribution < 1.29 is 4.79 Å². The Morgan fingerprint density at radius 2 is 2.00 bits per heavy atom. The van der Waals surface area contributed by atoms with E-state index in [1.165, 1.54) is 10.9 Å².